The molecule has 3 heterocycles. The molecule has 0 aliphatic carbocycles. The molecule has 1 atom stereocenters. The molecule has 0 spiro atoms. The van der Waals surface area contributed by atoms with Crippen LogP contribution in [0, 0.1) is 0 Å². The van der Waals surface area contributed by atoms with Crippen molar-refractivity contribution in [1.29, 1.82) is 0 Å². The SMILES string of the molecule is CC1CN=C(NCc2cccc(N3CCOCC3)n2)N1.I. The molecule has 2 N–H and O–H groups in total. The molecule has 0 bridgehead atoms. The monoisotopic (exact) mass is 403 g/mol. The molecular weight excluding hydrogens is 381 g/mol. The Balaban J connectivity index is 0.00000161. The van der Waals surface area contributed by atoms with Gasteiger partial charge in [0.15, 0.2) is 5.96 Å². The van der Waals surface area contributed by atoms with E-state index in [0.29, 0.717) is 12.6 Å². The van der Waals surface area contributed by atoms with E-state index < -0.39 is 0 Å². The summed E-state index contributed by atoms with van der Waals surface area (Å²) in [5.41, 5.74) is 1.03. The van der Waals surface area contributed by atoms with Gasteiger partial charge in [0.25, 0.3) is 0 Å². The molecule has 2 aliphatic heterocycles. The largest absolute Gasteiger partial charge is 0.378 e. The molecule has 0 amide bonds. The Labute approximate surface area is 142 Å². The van der Waals surface area contributed by atoms with Gasteiger partial charge in [-0.15, -0.1) is 24.0 Å². The third kappa shape index (κ3) is 4.44. The highest BCUT2D eigenvalue weighted by molar-refractivity contribution is 14.0. The van der Waals surface area contributed by atoms with Crippen molar-refractivity contribution >= 4 is 35.8 Å². The third-order valence-corrected chi connectivity index (χ3v) is 3.47. The second-order valence-electron chi connectivity index (χ2n) is 5.17. The first-order chi connectivity index (χ1) is 9.81. The zero-order chi connectivity index (χ0) is 13.8. The molecule has 116 valence electrons. The van der Waals surface area contributed by atoms with Crippen LogP contribution in [0.15, 0.2) is 23.2 Å². The zero-order valence-electron chi connectivity index (χ0n) is 12.2. The number of hydrogen-bond donors (Lipinski definition) is 2. The van der Waals surface area contributed by atoms with Crippen molar-refractivity contribution in [1.82, 2.24) is 15.6 Å². The molecule has 6 nitrogen and oxygen atoms in total. The van der Waals surface area contributed by atoms with Gasteiger partial charge in [0.05, 0.1) is 32.0 Å². The number of aliphatic imine (C=N–C) groups is 1. The second-order valence-corrected chi connectivity index (χ2v) is 5.17. The number of nitrogens with zero attached hydrogens (tertiary/aromatic N) is 3. The third-order valence-electron chi connectivity index (χ3n) is 3.47. The fourth-order valence-electron chi connectivity index (χ4n) is 2.37. The van der Waals surface area contributed by atoms with Crippen LogP contribution in [0.25, 0.3) is 0 Å². The van der Waals surface area contributed by atoms with Gasteiger partial charge in [0.1, 0.15) is 5.82 Å². The number of rotatable bonds is 3. The summed E-state index contributed by atoms with van der Waals surface area (Å²) < 4.78 is 5.37. The quantitative estimate of drug-likeness (QED) is 0.737. The predicted molar refractivity (Wildman–Crippen MR) is 94.4 cm³/mol. The van der Waals surface area contributed by atoms with Crippen molar-refractivity contribution < 1.29 is 4.74 Å². The average Bonchev–Trinajstić information content (AvgIpc) is 2.92. The van der Waals surface area contributed by atoms with Crippen LogP contribution >= 0.6 is 24.0 Å². The van der Waals surface area contributed by atoms with Crippen molar-refractivity contribution in [2.45, 2.75) is 19.5 Å². The van der Waals surface area contributed by atoms with E-state index in [2.05, 4.69) is 39.6 Å². The highest BCUT2D eigenvalue weighted by atomic mass is 127. The predicted octanol–water partition coefficient (Wildman–Crippen LogP) is 0.973. The first kappa shape index (κ1) is 16.3. The van der Waals surface area contributed by atoms with Crippen LogP contribution in [0.3, 0.4) is 0 Å². The molecule has 0 saturated carbocycles. The minimum Gasteiger partial charge on any atom is -0.378 e. The number of hydrogen-bond acceptors (Lipinski definition) is 6. The molecule has 21 heavy (non-hydrogen) atoms. The molecule has 1 aromatic heterocycles. The summed E-state index contributed by atoms with van der Waals surface area (Å²) in [6.45, 7) is 7.03. The van der Waals surface area contributed by atoms with Gasteiger partial charge in [0.2, 0.25) is 0 Å². The van der Waals surface area contributed by atoms with E-state index in [1.807, 2.05) is 6.07 Å². The lowest BCUT2D eigenvalue weighted by Crippen LogP contribution is -2.38. The number of ether oxygens (including phenoxy) is 1. The molecule has 1 saturated heterocycles. The van der Waals surface area contributed by atoms with E-state index in [1.54, 1.807) is 0 Å². The minimum atomic E-state index is 0. The Bertz CT molecular complexity index is 490. The summed E-state index contributed by atoms with van der Waals surface area (Å²) in [5.74, 6) is 1.90. The van der Waals surface area contributed by atoms with E-state index in [-0.39, 0.29) is 24.0 Å². The van der Waals surface area contributed by atoms with Gasteiger partial charge >= 0.3 is 0 Å². The van der Waals surface area contributed by atoms with Crippen LogP contribution in [0.5, 0.6) is 0 Å². The van der Waals surface area contributed by atoms with Crippen LogP contribution in [-0.2, 0) is 11.3 Å². The van der Waals surface area contributed by atoms with Crippen molar-refractivity contribution in [2.75, 3.05) is 37.7 Å². The fraction of sp³-hybridized carbons (Fsp3) is 0.571. The summed E-state index contributed by atoms with van der Waals surface area (Å²) in [7, 11) is 0. The molecule has 1 unspecified atom stereocenters. The molecule has 0 radical (unpaired) electrons. The number of aromatic nitrogens is 1. The number of halogens is 1. The molecular formula is C14H22IN5O. The van der Waals surface area contributed by atoms with Gasteiger partial charge in [0, 0.05) is 19.1 Å². The lowest BCUT2D eigenvalue weighted by Gasteiger charge is -2.28. The summed E-state index contributed by atoms with van der Waals surface area (Å²) in [4.78, 5) is 11.3. The number of pyridine rings is 1. The average molecular weight is 403 g/mol. The Hall–Kier alpha value is -1.09. The van der Waals surface area contributed by atoms with Crippen LogP contribution < -0.4 is 15.5 Å². The van der Waals surface area contributed by atoms with Gasteiger partial charge in [-0.2, -0.15) is 0 Å². The van der Waals surface area contributed by atoms with E-state index in [4.69, 9.17) is 9.72 Å². The molecule has 0 aromatic carbocycles. The molecule has 7 heteroatoms. The minimum absolute atomic E-state index is 0. The van der Waals surface area contributed by atoms with Gasteiger partial charge in [-0.1, -0.05) is 6.07 Å². The van der Waals surface area contributed by atoms with E-state index in [1.165, 1.54) is 0 Å². The van der Waals surface area contributed by atoms with Crippen molar-refractivity contribution in [3.05, 3.63) is 23.9 Å². The first-order valence-corrected chi connectivity index (χ1v) is 7.15. The lowest BCUT2D eigenvalue weighted by molar-refractivity contribution is 0.122. The Kier molecular flexibility index (Phi) is 6.04. The molecule has 3 rings (SSSR count). The molecule has 1 fully saturated rings. The van der Waals surface area contributed by atoms with E-state index in [9.17, 15) is 0 Å². The molecule has 1 aromatic rings. The highest BCUT2D eigenvalue weighted by Crippen LogP contribution is 2.13. The van der Waals surface area contributed by atoms with Crippen LogP contribution in [0.4, 0.5) is 5.82 Å². The number of anilines is 1. The normalized spacial score (nSPS) is 21.3. The summed E-state index contributed by atoms with van der Waals surface area (Å²) in [6.07, 6.45) is 0. The van der Waals surface area contributed by atoms with E-state index in [0.717, 1.165) is 50.3 Å². The summed E-state index contributed by atoms with van der Waals surface area (Å²) in [5, 5.41) is 6.58. The summed E-state index contributed by atoms with van der Waals surface area (Å²) >= 11 is 0. The molecule has 2 aliphatic rings. The van der Waals surface area contributed by atoms with Gasteiger partial charge in [-0.25, -0.2) is 4.98 Å². The van der Waals surface area contributed by atoms with Gasteiger partial charge in [-0.3, -0.25) is 4.99 Å². The van der Waals surface area contributed by atoms with E-state index >= 15 is 0 Å². The Morgan fingerprint density at radius 1 is 1.38 bits per heavy atom. The maximum Gasteiger partial charge on any atom is 0.191 e. The maximum absolute atomic E-state index is 5.37. The number of nitrogens with one attached hydrogen (secondary N) is 2. The second kappa shape index (κ2) is 7.79. The topological polar surface area (TPSA) is 61.8 Å². The number of guanidine groups is 1. The highest BCUT2D eigenvalue weighted by Gasteiger charge is 2.14. The smallest absolute Gasteiger partial charge is 0.191 e. The van der Waals surface area contributed by atoms with Crippen molar-refractivity contribution in [3.8, 4) is 0 Å². The fourth-order valence-corrected chi connectivity index (χ4v) is 2.37. The number of morpholine rings is 1. The van der Waals surface area contributed by atoms with Gasteiger partial charge < -0.3 is 20.3 Å². The lowest BCUT2D eigenvalue weighted by atomic mass is 10.3. The van der Waals surface area contributed by atoms with Crippen LogP contribution in [0.2, 0.25) is 0 Å². The van der Waals surface area contributed by atoms with Crippen LogP contribution in [-0.4, -0.2) is 49.8 Å². The Morgan fingerprint density at radius 3 is 2.90 bits per heavy atom. The van der Waals surface area contributed by atoms with Crippen molar-refractivity contribution in [2.24, 2.45) is 4.99 Å². The van der Waals surface area contributed by atoms with Gasteiger partial charge in [-0.05, 0) is 19.1 Å². The standard InChI is InChI=1S/C14H21N5O.HI/c1-11-9-15-14(17-11)16-10-12-3-2-4-13(18-12)19-5-7-20-8-6-19;/h2-4,11H,5-10H2,1H3,(H2,15,16,17);1H. The first-order valence-electron chi connectivity index (χ1n) is 7.15. The maximum atomic E-state index is 5.37. The van der Waals surface area contributed by atoms with Crippen LogP contribution in [0.1, 0.15) is 12.6 Å². The Morgan fingerprint density at radius 2 is 2.19 bits per heavy atom. The zero-order valence-corrected chi connectivity index (χ0v) is 14.5. The van der Waals surface area contributed by atoms with Crippen molar-refractivity contribution in [3.63, 3.8) is 0 Å². The summed E-state index contributed by atoms with van der Waals surface area (Å²) in [6, 6.07) is 6.57.